The summed E-state index contributed by atoms with van der Waals surface area (Å²) >= 11 is 6.39. The molecule has 2 aromatic rings. The second-order valence-corrected chi connectivity index (χ2v) is 6.07. The van der Waals surface area contributed by atoms with Crippen molar-refractivity contribution in [1.82, 2.24) is 20.0 Å². The van der Waals surface area contributed by atoms with E-state index in [9.17, 15) is 0 Å². The van der Waals surface area contributed by atoms with Crippen molar-refractivity contribution >= 4 is 17.4 Å². The molecule has 0 unspecified atom stereocenters. The summed E-state index contributed by atoms with van der Waals surface area (Å²) in [5.74, 6) is 0.877. The number of ether oxygens (including phenoxy) is 1. The summed E-state index contributed by atoms with van der Waals surface area (Å²) in [6.45, 7) is 8.28. The van der Waals surface area contributed by atoms with Gasteiger partial charge in [0.15, 0.2) is 0 Å². The summed E-state index contributed by atoms with van der Waals surface area (Å²) < 4.78 is 7.28. The third-order valence-corrected chi connectivity index (χ3v) is 4.48. The predicted molar refractivity (Wildman–Crippen MR) is 86.3 cm³/mol. The molecule has 0 spiro atoms. The topological polar surface area (TPSA) is 56.1 Å². The molecule has 118 valence electrons. The highest BCUT2D eigenvalue weighted by atomic mass is 35.5. The maximum atomic E-state index is 6.39. The van der Waals surface area contributed by atoms with E-state index < -0.39 is 0 Å². The predicted octanol–water partition coefficient (Wildman–Crippen LogP) is 2.37. The van der Waals surface area contributed by atoms with Gasteiger partial charge in [0.2, 0.25) is 0 Å². The van der Waals surface area contributed by atoms with Crippen LogP contribution in [-0.2, 0) is 11.8 Å². The summed E-state index contributed by atoms with van der Waals surface area (Å²) in [7, 11) is 1.89. The molecule has 1 aliphatic rings. The van der Waals surface area contributed by atoms with E-state index in [1.165, 1.54) is 0 Å². The highest BCUT2D eigenvalue weighted by Crippen LogP contribution is 2.33. The second kappa shape index (κ2) is 5.85. The Morgan fingerprint density at radius 3 is 2.77 bits per heavy atom. The molecule has 7 heteroatoms. The fraction of sp³-hybridized carbons (Fsp3) is 0.533. The summed E-state index contributed by atoms with van der Waals surface area (Å²) in [5, 5.41) is 8.75. The van der Waals surface area contributed by atoms with Crippen LogP contribution in [0.2, 0.25) is 5.15 Å². The minimum atomic E-state index is 0.277. The fourth-order valence-corrected chi connectivity index (χ4v) is 3.04. The van der Waals surface area contributed by atoms with E-state index in [1.54, 1.807) is 4.68 Å². The molecule has 1 fully saturated rings. The Labute approximate surface area is 135 Å². The number of aromatic nitrogens is 4. The quantitative estimate of drug-likeness (QED) is 0.795. The van der Waals surface area contributed by atoms with Crippen molar-refractivity contribution in [3.8, 4) is 11.3 Å². The lowest BCUT2D eigenvalue weighted by molar-refractivity contribution is 0.0985. The normalized spacial score (nSPS) is 18.8. The van der Waals surface area contributed by atoms with Gasteiger partial charge in [-0.15, -0.1) is 5.10 Å². The Bertz CT molecular complexity index is 680. The van der Waals surface area contributed by atoms with Crippen molar-refractivity contribution in [3.05, 3.63) is 22.5 Å². The van der Waals surface area contributed by atoms with E-state index in [1.807, 2.05) is 20.9 Å². The van der Waals surface area contributed by atoms with Gasteiger partial charge in [0.1, 0.15) is 11.0 Å². The Balaban J connectivity index is 2.11. The number of morpholine rings is 1. The molecule has 0 amide bonds. The first kappa shape index (κ1) is 15.2. The van der Waals surface area contributed by atoms with Crippen LogP contribution in [0.25, 0.3) is 11.3 Å². The maximum Gasteiger partial charge on any atom is 0.135 e. The van der Waals surface area contributed by atoms with Gasteiger partial charge >= 0.3 is 0 Å². The van der Waals surface area contributed by atoms with Crippen LogP contribution in [-0.4, -0.2) is 45.8 Å². The second-order valence-electron chi connectivity index (χ2n) is 5.71. The van der Waals surface area contributed by atoms with Gasteiger partial charge < -0.3 is 9.64 Å². The maximum absolute atomic E-state index is 6.39. The van der Waals surface area contributed by atoms with Crippen LogP contribution in [0.1, 0.15) is 18.2 Å². The molecule has 1 aliphatic heterocycles. The van der Waals surface area contributed by atoms with Crippen LogP contribution < -0.4 is 4.90 Å². The van der Waals surface area contributed by atoms with E-state index in [0.717, 1.165) is 34.9 Å². The molecule has 0 saturated carbocycles. The molecule has 6 nitrogen and oxygen atoms in total. The largest absolute Gasteiger partial charge is 0.377 e. The minimum absolute atomic E-state index is 0.277. The molecule has 0 aliphatic carbocycles. The molecule has 3 heterocycles. The molecule has 0 radical (unpaired) electrons. The van der Waals surface area contributed by atoms with Crippen molar-refractivity contribution in [1.29, 1.82) is 0 Å². The first-order valence-electron chi connectivity index (χ1n) is 7.37. The molecule has 3 rings (SSSR count). The van der Waals surface area contributed by atoms with E-state index in [2.05, 4.69) is 33.2 Å². The summed E-state index contributed by atoms with van der Waals surface area (Å²) in [5.41, 5.74) is 3.83. The van der Waals surface area contributed by atoms with Gasteiger partial charge in [-0.3, -0.25) is 0 Å². The van der Waals surface area contributed by atoms with Gasteiger partial charge in [0.25, 0.3) is 0 Å². The van der Waals surface area contributed by atoms with Crippen molar-refractivity contribution in [2.75, 3.05) is 24.7 Å². The van der Waals surface area contributed by atoms with E-state index in [0.29, 0.717) is 18.4 Å². The number of hydrogen-bond donors (Lipinski definition) is 0. The third kappa shape index (κ3) is 2.57. The Hall–Kier alpha value is -1.66. The zero-order chi connectivity index (χ0) is 15.9. The van der Waals surface area contributed by atoms with Crippen molar-refractivity contribution in [3.63, 3.8) is 0 Å². The van der Waals surface area contributed by atoms with Crippen LogP contribution in [0, 0.1) is 13.8 Å². The Kier molecular flexibility index (Phi) is 4.06. The van der Waals surface area contributed by atoms with Crippen LogP contribution in [0.5, 0.6) is 0 Å². The Morgan fingerprint density at radius 2 is 2.14 bits per heavy atom. The zero-order valence-corrected chi connectivity index (χ0v) is 14.1. The lowest BCUT2D eigenvalue weighted by Gasteiger charge is -2.34. The van der Waals surface area contributed by atoms with Gasteiger partial charge in [-0.05, 0) is 32.4 Å². The number of hydrogen-bond acceptors (Lipinski definition) is 5. The minimum Gasteiger partial charge on any atom is -0.377 e. The van der Waals surface area contributed by atoms with Crippen molar-refractivity contribution in [2.45, 2.75) is 26.8 Å². The molecule has 1 atom stereocenters. The van der Waals surface area contributed by atoms with E-state index in [4.69, 9.17) is 16.3 Å². The molecular formula is C15H20ClN5O. The molecule has 22 heavy (non-hydrogen) atoms. The lowest BCUT2D eigenvalue weighted by Crippen LogP contribution is -2.44. The van der Waals surface area contributed by atoms with Gasteiger partial charge in [-0.1, -0.05) is 16.8 Å². The van der Waals surface area contributed by atoms with Gasteiger partial charge in [-0.25, -0.2) is 9.67 Å². The number of halogens is 1. The molecule has 0 aromatic carbocycles. The number of rotatable bonds is 2. The van der Waals surface area contributed by atoms with Crippen LogP contribution in [0.3, 0.4) is 0 Å². The zero-order valence-electron chi connectivity index (χ0n) is 13.3. The number of anilines is 1. The van der Waals surface area contributed by atoms with Gasteiger partial charge in [-0.2, -0.15) is 0 Å². The average Bonchev–Trinajstić information content (AvgIpc) is 2.82. The summed E-state index contributed by atoms with van der Waals surface area (Å²) in [6, 6.07) is 2.35. The third-order valence-electron chi connectivity index (χ3n) is 4.11. The Morgan fingerprint density at radius 1 is 1.36 bits per heavy atom. The lowest BCUT2D eigenvalue weighted by atomic mass is 10.1. The molecule has 1 saturated heterocycles. The average molecular weight is 322 g/mol. The smallest absolute Gasteiger partial charge is 0.135 e. The van der Waals surface area contributed by atoms with Crippen LogP contribution in [0.4, 0.5) is 5.82 Å². The number of aryl methyl sites for hydroxylation is 2. The fourth-order valence-electron chi connectivity index (χ4n) is 2.86. The monoisotopic (exact) mass is 321 g/mol. The van der Waals surface area contributed by atoms with E-state index >= 15 is 0 Å². The number of nitrogens with zero attached hydrogens (tertiary/aromatic N) is 5. The van der Waals surface area contributed by atoms with Crippen molar-refractivity contribution in [2.24, 2.45) is 7.05 Å². The summed E-state index contributed by atoms with van der Waals surface area (Å²) in [4.78, 5) is 6.80. The molecule has 0 N–H and O–H groups in total. The summed E-state index contributed by atoms with van der Waals surface area (Å²) in [6.07, 6.45) is 0. The van der Waals surface area contributed by atoms with Crippen LogP contribution >= 0.6 is 11.6 Å². The molecular weight excluding hydrogens is 302 g/mol. The molecule has 2 aromatic heterocycles. The standard InChI is InChI=1S/C15H20ClN5O/c1-9-8-22-6-5-21(9)13-7-12(10(2)15(16)17-13)14-11(3)18-19-20(14)4/h7,9H,5-6,8H2,1-4H3/t9-/m1/s1. The van der Waals surface area contributed by atoms with E-state index in [-0.39, 0.29) is 6.04 Å². The SMILES string of the molecule is Cc1nnn(C)c1-c1cc(N2CCOC[C@H]2C)nc(Cl)c1C. The first-order chi connectivity index (χ1) is 10.5. The van der Waals surface area contributed by atoms with Gasteiger partial charge in [0, 0.05) is 19.2 Å². The molecule has 0 bridgehead atoms. The highest BCUT2D eigenvalue weighted by molar-refractivity contribution is 6.30. The van der Waals surface area contributed by atoms with Crippen molar-refractivity contribution < 1.29 is 4.74 Å². The van der Waals surface area contributed by atoms with Crippen LogP contribution in [0.15, 0.2) is 6.07 Å². The van der Waals surface area contributed by atoms with Gasteiger partial charge in [0.05, 0.1) is 30.6 Å². The number of pyridine rings is 1. The first-order valence-corrected chi connectivity index (χ1v) is 7.75. The highest BCUT2D eigenvalue weighted by Gasteiger charge is 2.23.